The van der Waals surface area contributed by atoms with Crippen molar-refractivity contribution in [2.75, 3.05) is 19.8 Å². The highest BCUT2D eigenvalue weighted by Crippen LogP contribution is 2.10. The third-order valence-electron chi connectivity index (χ3n) is 2.29. The van der Waals surface area contributed by atoms with Gasteiger partial charge in [-0.1, -0.05) is 13.3 Å². The van der Waals surface area contributed by atoms with Crippen molar-refractivity contribution in [2.24, 2.45) is 0 Å². The molecule has 0 aromatic heterocycles. The van der Waals surface area contributed by atoms with Gasteiger partial charge in [0.15, 0.2) is 0 Å². The summed E-state index contributed by atoms with van der Waals surface area (Å²) >= 11 is 0. The fourth-order valence-electron chi connectivity index (χ4n) is 1.35. The Morgan fingerprint density at radius 2 is 2.07 bits per heavy atom. The van der Waals surface area contributed by atoms with E-state index in [1.165, 1.54) is 11.0 Å². The van der Waals surface area contributed by atoms with Gasteiger partial charge in [-0.05, 0) is 13.3 Å². The lowest BCUT2D eigenvalue weighted by Crippen LogP contribution is -2.34. The number of hydrogen-bond donors (Lipinski definition) is 0. The van der Waals surface area contributed by atoms with Crippen LogP contribution in [0.5, 0.6) is 0 Å². The molecule has 0 aromatic rings. The van der Waals surface area contributed by atoms with Crippen LogP contribution in [-0.4, -0.2) is 36.5 Å². The molecule has 0 fully saturated rings. The fraction of sp³-hybridized carbons (Fsp3) is 0.636. The van der Waals surface area contributed by atoms with Crippen molar-refractivity contribution in [2.45, 2.75) is 26.7 Å². The van der Waals surface area contributed by atoms with Crippen LogP contribution in [0.2, 0.25) is 0 Å². The zero-order valence-corrected chi connectivity index (χ0v) is 9.28. The minimum absolute atomic E-state index is 0.195. The SMILES string of the molecule is CCCCOCCN1C(=O)C=C(C)C1=O. The van der Waals surface area contributed by atoms with Crippen LogP contribution >= 0.6 is 0 Å². The van der Waals surface area contributed by atoms with Gasteiger partial charge in [0.05, 0.1) is 13.2 Å². The molecule has 15 heavy (non-hydrogen) atoms. The molecule has 0 aliphatic carbocycles. The maximum absolute atomic E-state index is 11.4. The first-order valence-corrected chi connectivity index (χ1v) is 5.28. The number of amides is 2. The normalized spacial score (nSPS) is 16.1. The minimum Gasteiger partial charge on any atom is -0.380 e. The Kier molecular flexibility index (Phi) is 4.49. The van der Waals surface area contributed by atoms with E-state index >= 15 is 0 Å². The lowest BCUT2D eigenvalue weighted by molar-refractivity contribution is -0.138. The number of imide groups is 1. The van der Waals surface area contributed by atoms with Gasteiger partial charge < -0.3 is 4.74 Å². The van der Waals surface area contributed by atoms with Crippen molar-refractivity contribution < 1.29 is 14.3 Å². The van der Waals surface area contributed by atoms with E-state index in [0.29, 0.717) is 25.3 Å². The zero-order chi connectivity index (χ0) is 11.3. The summed E-state index contributed by atoms with van der Waals surface area (Å²) in [6.07, 6.45) is 3.47. The molecule has 4 heteroatoms. The summed E-state index contributed by atoms with van der Waals surface area (Å²) in [4.78, 5) is 23.9. The number of hydrogen-bond acceptors (Lipinski definition) is 3. The molecule has 84 valence electrons. The molecule has 0 unspecified atom stereocenters. The molecule has 0 bridgehead atoms. The molecule has 1 heterocycles. The van der Waals surface area contributed by atoms with Crippen molar-refractivity contribution in [3.05, 3.63) is 11.6 Å². The van der Waals surface area contributed by atoms with E-state index in [4.69, 9.17) is 4.74 Å². The number of ether oxygens (including phenoxy) is 1. The van der Waals surface area contributed by atoms with Crippen LogP contribution in [-0.2, 0) is 14.3 Å². The molecule has 0 N–H and O–H groups in total. The van der Waals surface area contributed by atoms with Crippen LogP contribution in [0.1, 0.15) is 26.7 Å². The van der Waals surface area contributed by atoms with Crippen molar-refractivity contribution >= 4 is 11.8 Å². The fourth-order valence-corrected chi connectivity index (χ4v) is 1.35. The molecule has 0 saturated heterocycles. The molecule has 0 saturated carbocycles. The summed E-state index contributed by atoms with van der Waals surface area (Å²) in [6, 6.07) is 0. The highest BCUT2D eigenvalue weighted by molar-refractivity contribution is 6.15. The summed E-state index contributed by atoms with van der Waals surface area (Å²) < 4.78 is 5.30. The summed E-state index contributed by atoms with van der Waals surface area (Å²) in [5, 5.41) is 0. The van der Waals surface area contributed by atoms with Crippen LogP contribution in [0.4, 0.5) is 0 Å². The van der Waals surface area contributed by atoms with E-state index in [1.54, 1.807) is 6.92 Å². The van der Waals surface area contributed by atoms with E-state index < -0.39 is 0 Å². The minimum atomic E-state index is -0.225. The maximum atomic E-state index is 11.4. The van der Waals surface area contributed by atoms with Gasteiger partial charge in [0.25, 0.3) is 11.8 Å². The van der Waals surface area contributed by atoms with Crippen LogP contribution < -0.4 is 0 Å². The summed E-state index contributed by atoms with van der Waals surface area (Å²) in [5.74, 6) is -0.421. The summed E-state index contributed by atoms with van der Waals surface area (Å²) in [6.45, 7) is 5.22. The second-order valence-electron chi connectivity index (χ2n) is 3.59. The first-order chi connectivity index (χ1) is 7.16. The van der Waals surface area contributed by atoms with Crippen LogP contribution in [0.15, 0.2) is 11.6 Å². The van der Waals surface area contributed by atoms with E-state index in [-0.39, 0.29) is 11.8 Å². The standard InChI is InChI=1S/C11H17NO3/c1-3-4-6-15-7-5-12-10(13)8-9(2)11(12)14/h8H,3-7H2,1-2H3. The smallest absolute Gasteiger partial charge is 0.256 e. The Labute approximate surface area is 89.9 Å². The number of unbranched alkanes of at least 4 members (excludes halogenated alkanes) is 1. The lowest BCUT2D eigenvalue weighted by Gasteiger charge is -2.14. The molecular weight excluding hydrogens is 194 g/mol. The van der Waals surface area contributed by atoms with Gasteiger partial charge in [0.2, 0.25) is 0 Å². The molecule has 1 aliphatic heterocycles. The average molecular weight is 211 g/mol. The van der Waals surface area contributed by atoms with Crippen molar-refractivity contribution in [3.8, 4) is 0 Å². The zero-order valence-electron chi connectivity index (χ0n) is 9.28. The molecule has 0 radical (unpaired) electrons. The third-order valence-corrected chi connectivity index (χ3v) is 2.29. The van der Waals surface area contributed by atoms with Crippen molar-refractivity contribution in [3.63, 3.8) is 0 Å². The van der Waals surface area contributed by atoms with Crippen molar-refractivity contribution in [1.29, 1.82) is 0 Å². The molecule has 0 spiro atoms. The van der Waals surface area contributed by atoms with Gasteiger partial charge in [0, 0.05) is 18.3 Å². The van der Waals surface area contributed by atoms with Gasteiger partial charge >= 0.3 is 0 Å². The Morgan fingerprint density at radius 1 is 1.33 bits per heavy atom. The van der Waals surface area contributed by atoms with Gasteiger partial charge in [-0.25, -0.2) is 0 Å². The van der Waals surface area contributed by atoms with Crippen LogP contribution in [0, 0.1) is 0 Å². The predicted octanol–water partition coefficient (Wildman–Crippen LogP) is 1.12. The molecule has 1 rings (SSSR count). The second kappa shape index (κ2) is 5.66. The number of carbonyl (C=O) groups excluding carboxylic acids is 2. The summed E-state index contributed by atoms with van der Waals surface area (Å²) in [7, 11) is 0. The molecule has 1 aliphatic rings. The van der Waals surface area contributed by atoms with Crippen LogP contribution in [0.3, 0.4) is 0 Å². The highest BCUT2D eigenvalue weighted by atomic mass is 16.5. The number of nitrogens with zero attached hydrogens (tertiary/aromatic N) is 1. The quantitative estimate of drug-likeness (QED) is 0.488. The van der Waals surface area contributed by atoms with Gasteiger partial charge in [-0.2, -0.15) is 0 Å². The van der Waals surface area contributed by atoms with Gasteiger partial charge in [-0.3, -0.25) is 14.5 Å². The highest BCUT2D eigenvalue weighted by Gasteiger charge is 2.27. The number of carbonyl (C=O) groups is 2. The van der Waals surface area contributed by atoms with Crippen molar-refractivity contribution in [1.82, 2.24) is 4.90 Å². The first-order valence-electron chi connectivity index (χ1n) is 5.28. The monoisotopic (exact) mass is 211 g/mol. The van der Waals surface area contributed by atoms with Gasteiger partial charge in [0.1, 0.15) is 0 Å². The Balaban J connectivity index is 2.23. The largest absolute Gasteiger partial charge is 0.380 e. The Bertz CT molecular complexity index is 284. The van der Waals surface area contributed by atoms with E-state index in [1.807, 2.05) is 0 Å². The molecule has 2 amide bonds. The maximum Gasteiger partial charge on any atom is 0.256 e. The van der Waals surface area contributed by atoms with E-state index in [0.717, 1.165) is 12.8 Å². The molecule has 0 atom stereocenters. The molecule has 0 aromatic carbocycles. The molecule has 4 nitrogen and oxygen atoms in total. The van der Waals surface area contributed by atoms with E-state index in [2.05, 4.69) is 6.92 Å². The topological polar surface area (TPSA) is 46.6 Å². The van der Waals surface area contributed by atoms with Crippen LogP contribution in [0.25, 0.3) is 0 Å². The summed E-state index contributed by atoms with van der Waals surface area (Å²) in [5.41, 5.74) is 0.508. The first kappa shape index (κ1) is 11.9. The predicted molar refractivity (Wildman–Crippen MR) is 56.2 cm³/mol. The Morgan fingerprint density at radius 3 is 2.60 bits per heavy atom. The van der Waals surface area contributed by atoms with E-state index in [9.17, 15) is 9.59 Å². The third kappa shape index (κ3) is 3.16. The second-order valence-corrected chi connectivity index (χ2v) is 3.59. The molecular formula is C11H17NO3. The average Bonchev–Trinajstić information content (AvgIpc) is 2.44. The van der Waals surface area contributed by atoms with Gasteiger partial charge in [-0.15, -0.1) is 0 Å². The Hall–Kier alpha value is -1.16. The number of rotatable bonds is 6. The lowest BCUT2D eigenvalue weighted by atomic mass is 10.3.